The molecule has 5 nitrogen and oxygen atoms in total. The normalized spacial score (nSPS) is 10.7. The first kappa shape index (κ1) is 17.1. The Kier molecular flexibility index (Phi) is 7.42. The van der Waals surface area contributed by atoms with Gasteiger partial charge in [-0.25, -0.2) is 8.78 Å². The average Bonchev–Trinajstić information content (AvgIpc) is 2.89. The van der Waals surface area contributed by atoms with E-state index in [4.69, 9.17) is 0 Å². The molecular formula is C14H20F2N2O3. The molecule has 1 N–H and O–H groups in total. The number of ether oxygens (including phenoxy) is 1. The van der Waals surface area contributed by atoms with Gasteiger partial charge in [-0.05, 0) is 25.0 Å². The zero-order chi connectivity index (χ0) is 15.7. The Labute approximate surface area is 122 Å². The van der Waals surface area contributed by atoms with Crippen LogP contribution in [-0.2, 0) is 16.1 Å². The molecule has 0 radical (unpaired) electrons. The Bertz CT molecular complexity index is 461. The highest BCUT2D eigenvalue weighted by molar-refractivity contribution is 5.92. The lowest BCUT2D eigenvalue weighted by Crippen LogP contribution is -2.27. The highest BCUT2D eigenvalue weighted by atomic mass is 19.3. The number of rotatable bonds is 9. The predicted octanol–water partition coefficient (Wildman–Crippen LogP) is 2.22. The number of alkyl halides is 2. The molecule has 0 atom stereocenters. The van der Waals surface area contributed by atoms with Gasteiger partial charge in [-0.3, -0.25) is 9.59 Å². The first-order valence-corrected chi connectivity index (χ1v) is 6.83. The summed E-state index contributed by atoms with van der Waals surface area (Å²) < 4.78 is 30.4. The molecule has 0 bridgehead atoms. The van der Waals surface area contributed by atoms with Gasteiger partial charge in [0.05, 0.1) is 13.7 Å². The van der Waals surface area contributed by atoms with E-state index < -0.39 is 13.0 Å². The standard InChI is InChI=1S/C14H20F2N2O3/c1-21-13(19)7-3-2-4-8-17-14(20)11-6-5-9-18(11)10-12(15)16/h5-6,9,12H,2-4,7-8,10H2,1H3,(H,17,20). The second-order valence-electron chi connectivity index (χ2n) is 4.58. The van der Waals surface area contributed by atoms with E-state index >= 15 is 0 Å². The molecule has 0 spiro atoms. The molecule has 0 aromatic carbocycles. The molecule has 0 saturated carbocycles. The van der Waals surface area contributed by atoms with E-state index in [1.54, 1.807) is 6.07 Å². The number of nitrogens with one attached hydrogen (secondary N) is 1. The Balaban J connectivity index is 2.25. The maximum atomic E-state index is 12.3. The fraction of sp³-hybridized carbons (Fsp3) is 0.571. The minimum Gasteiger partial charge on any atom is -0.469 e. The summed E-state index contributed by atoms with van der Waals surface area (Å²) in [5, 5.41) is 2.68. The van der Waals surface area contributed by atoms with Gasteiger partial charge in [-0.15, -0.1) is 0 Å². The summed E-state index contributed by atoms with van der Waals surface area (Å²) >= 11 is 0. The van der Waals surface area contributed by atoms with Crippen molar-refractivity contribution in [1.29, 1.82) is 0 Å². The molecule has 1 amide bonds. The summed E-state index contributed by atoms with van der Waals surface area (Å²) in [4.78, 5) is 22.7. The number of hydrogen-bond donors (Lipinski definition) is 1. The molecular weight excluding hydrogens is 282 g/mol. The number of hydrogen-bond acceptors (Lipinski definition) is 3. The van der Waals surface area contributed by atoms with E-state index in [0.717, 1.165) is 12.8 Å². The summed E-state index contributed by atoms with van der Waals surface area (Å²) in [6.45, 7) is -0.0469. The smallest absolute Gasteiger partial charge is 0.305 e. The van der Waals surface area contributed by atoms with Gasteiger partial charge in [0, 0.05) is 19.2 Å². The molecule has 0 saturated heterocycles. The summed E-state index contributed by atoms with van der Waals surface area (Å²) in [6, 6.07) is 3.07. The number of aromatic nitrogens is 1. The topological polar surface area (TPSA) is 60.3 Å². The number of methoxy groups -OCH3 is 1. The van der Waals surface area contributed by atoms with E-state index in [1.165, 1.54) is 23.9 Å². The van der Waals surface area contributed by atoms with Crippen molar-refractivity contribution in [3.05, 3.63) is 24.0 Å². The molecule has 0 aliphatic rings. The number of esters is 1. The fourth-order valence-corrected chi connectivity index (χ4v) is 1.89. The van der Waals surface area contributed by atoms with E-state index in [9.17, 15) is 18.4 Å². The molecule has 1 heterocycles. The molecule has 1 aromatic rings. The third kappa shape index (κ3) is 6.37. The van der Waals surface area contributed by atoms with E-state index in [0.29, 0.717) is 19.4 Å². The van der Waals surface area contributed by atoms with Gasteiger partial charge < -0.3 is 14.6 Å². The van der Waals surface area contributed by atoms with Gasteiger partial charge >= 0.3 is 5.97 Å². The molecule has 0 fully saturated rings. The zero-order valence-electron chi connectivity index (χ0n) is 12.0. The lowest BCUT2D eigenvalue weighted by atomic mass is 10.2. The Morgan fingerprint density at radius 2 is 2.10 bits per heavy atom. The number of carbonyl (C=O) groups is 2. The largest absolute Gasteiger partial charge is 0.469 e. The van der Waals surface area contributed by atoms with Crippen LogP contribution in [0, 0.1) is 0 Å². The number of nitrogens with zero attached hydrogens (tertiary/aromatic N) is 1. The highest BCUT2D eigenvalue weighted by Gasteiger charge is 2.13. The van der Waals surface area contributed by atoms with Gasteiger partial charge in [0.1, 0.15) is 5.69 Å². The van der Waals surface area contributed by atoms with Crippen molar-refractivity contribution in [2.24, 2.45) is 0 Å². The third-order valence-corrected chi connectivity index (χ3v) is 2.97. The van der Waals surface area contributed by atoms with Crippen LogP contribution in [-0.4, -0.2) is 36.5 Å². The van der Waals surface area contributed by atoms with E-state index in [2.05, 4.69) is 10.1 Å². The third-order valence-electron chi connectivity index (χ3n) is 2.97. The molecule has 0 unspecified atom stereocenters. The molecule has 1 rings (SSSR count). The summed E-state index contributed by atoms with van der Waals surface area (Å²) in [5.41, 5.74) is 0.227. The molecule has 0 aliphatic heterocycles. The van der Waals surface area contributed by atoms with Gasteiger partial charge in [-0.1, -0.05) is 6.42 Å². The molecule has 0 aliphatic carbocycles. The fourth-order valence-electron chi connectivity index (χ4n) is 1.89. The van der Waals surface area contributed by atoms with Crippen LogP contribution < -0.4 is 5.32 Å². The van der Waals surface area contributed by atoms with Crippen LogP contribution in [0.25, 0.3) is 0 Å². The van der Waals surface area contributed by atoms with Crippen LogP contribution in [0.15, 0.2) is 18.3 Å². The number of amides is 1. The summed E-state index contributed by atoms with van der Waals surface area (Å²) in [6.07, 6.45) is 1.53. The van der Waals surface area contributed by atoms with Crippen molar-refractivity contribution >= 4 is 11.9 Å². The van der Waals surface area contributed by atoms with E-state index in [-0.39, 0.29) is 17.6 Å². The maximum absolute atomic E-state index is 12.3. The Morgan fingerprint density at radius 1 is 1.33 bits per heavy atom. The first-order chi connectivity index (χ1) is 10.0. The summed E-state index contributed by atoms with van der Waals surface area (Å²) in [5.74, 6) is -0.613. The molecule has 21 heavy (non-hydrogen) atoms. The monoisotopic (exact) mass is 302 g/mol. The minimum absolute atomic E-state index is 0.227. The van der Waals surface area contributed by atoms with Gasteiger partial charge in [0.2, 0.25) is 0 Å². The quantitative estimate of drug-likeness (QED) is 0.562. The van der Waals surface area contributed by atoms with Crippen molar-refractivity contribution in [3.63, 3.8) is 0 Å². The van der Waals surface area contributed by atoms with Crippen LogP contribution in [0.5, 0.6) is 0 Å². The van der Waals surface area contributed by atoms with Crippen molar-refractivity contribution < 1.29 is 23.1 Å². The second-order valence-corrected chi connectivity index (χ2v) is 4.58. The molecule has 7 heteroatoms. The Morgan fingerprint density at radius 3 is 2.76 bits per heavy atom. The van der Waals surface area contributed by atoms with Crippen LogP contribution >= 0.6 is 0 Å². The van der Waals surface area contributed by atoms with Crippen molar-refractivity contribution in [2.75, 3.05) is 13.7 Å². The first-order valence-electron chi connectivity index (χ1n) is 6.83. The minimum atomic E-state index is -2.50. The molecule has 1 aromatic heterocycles. The Hall–Kier alpha value is -1.92. The predicted molar refractivity (Wildman–Crippen MR) is 73.3 cm³/mol. The van der Waals surface area contributed by atoms with Gasteiger partial charge in [0.25, 0.3) is 12.3 Å². The van der Waals surface area contributed by atoms with Crippen LogP contribution in [0.2, 0.25) is 0 Å². The number of unbranched alkanes of at least 4 members (excludes halogenated alkanes) is 2. The van der Waals surface area contributed by atoms with Crippen LogP contribution in [0.3, 0.4) is 0 Å². The lowest BCUT2D eigenvalue weighted by molar-refractivity contribution is -0.140. The van der Waals surface area contributed by atoms with Crippen LogP contribution in [0.1, 0.15) is 36.2 Å². The van der Waals surface area contributed by atoms with Crippen molar-refractivity contribution in [3.8, 4) is 0 Å². The zero-order valence-corrected chi connectivity index (χ0v) is 12.0. The van der Waals surface area contributed by atoms with E-state index in [1.807, 2.05) is 0 Å². The maximum Gasteiger partial charge on any atom is 0.305 e. The van der Waals surface area contributed by atoms with Crippen molar-refractivity contribution in [2.45, 2.75) is 38.7 Å². The van der Waals surface area contributed by atoms with Gasteiger partial charge in [-0.2, -0.15) is 0 Å². The van der Waals surface area contributed by atoms with Crippen LogP contribution in [0.4, 0.5) is 8.78 Å². The highest BCUT2D eigenvalue weighted by Crippen LogP contribution is 2.07. The summed E-state index contributed by atoms with van der Waals surface area (Å²) in [7, 11) is 1.34. The molecule has 118 valence electrons. The van der Waals surface area contributed by atoms with Gasteiger partial charge in [0.15, 0.2) is 0 Å². The number of halogens is 2. The number of carbonyl (C=O) groups excluding carboxylic acids is 2. The van der Waals surface area contributed by atoms with Crippen molar-refractivity contribution in [1.82, 2.24) is 9.88 Å². The second kappa shape index (κ2) is 9.10. The average molecular weight is 302 g/mol. The lowest BCUT2D eigenvalue weighted by Gasteiger charge is -2.09. The SMILES string of the molecule is COC(=O)CCCCCNC(=O)c1cccn1CC(F)F.